The Balaban J connectivity index is 1.34. The fourth-order valence-corrected chi connectivity index (χ4v) is 4.70. The maximum Gasteiger partial charge on any atom is 0.316 e. The van der Waals surface area contributed by atoms with Gasteiger partial charge in [0.25, 0.3) is 11.8 Å². The summed E-state index contributed by atoms with van der Waals surface area (Å²) in [4.78, 5) is 42.0. The van der Waals surface area contributed by atoms with Crippen LogP contribution < -0.4 is 19.7 Å². The van der Waals surface area contributed by atoms with Crippen molar-refractivity contribution >= 4 is 34.0 Å². The molecule has 0 aliphatic carbocycles. The molecule has 0 atom stereocenters. The molecule has 37 heavy (non-hydrogen) atoms. The second-order valence-electron chi connectivity index (χ2n) is 8.44. The molecule has 12 heteroatoms. The molecule has 2 amide bonds. The molecule has 0 unspecified atom stereocenters. The highest BCUT2D eigenvalue weighted by molar-refractivity contribution is 7.14. The van der Waals surface area contributed by atoms with Crippen LogP contribution in [0.5, 0.6) is 11.8 Å². The maximum absolute atomic E-state index is 12.9. The van der Waals surface area contributed by atoms with Crippen molar-refractivity contribution in [2.24, 2.45) is 0 Å². The molecule has 2 aromatic heterocycles. The molecule has 0 radical (unpaired) electrons. The van der Waals surface area contributed by atoms with Gasteiger partial charge in [-0.1, -0.05) is 0 Å². The third-order valence-electron chi connectivity index (χ3n) is 5.93. The van der Waals surface area contributed by atoms with E-state index in [1.165, 1.54) is 18.4 Å². The highest BCUT2D eigenvalue weighted by Crippen LogP contribution is 2.29. The van der Waals surface area contributed by atoms with Crippen LogP contribution in [0.15, 0.2) is 42.0 Å². The van der Waals surface area contributed by atoms with E-state index in [2.05, 4.69) is 25.2 Å². The topological polar surface area (TPSA) is 119 Å². The molecule has 0 saturated carbocycles. The smallest absolute Gasteiger partial charge is 0.316 e. The Morgan fingerprint density at radius 1 is 1.19 bits per heavy atom. The van der Waals surface area contributed by atoms with Gasteiger partial charge in [-0.25, -0.2) is 15.0 Å². The number of piperidine rings is 1. The van der Waals surface area contributed by atoms with Crippen LogP contribution in [-0.4, -0.2) is 85.3 Å². The zero-order chi connectivity index (χ0) is 26.2. The molecule has 0 bridgehead atoms. The van der Waals surface area contributed by atoms with E-state index < -0.39 is 0 Å². The van der Waals surface area contributed by atoms with Crippen LogP contribution in [0.3, 0.4) is 0 Å². The van der Waals surface area contributed by atoms with E-state index in [-0.39, 0.29) is 17.9 Å². The Labute approximate surface area is 219 Å². The van der Waals surface area contributed by atoms with Gasteiger partial charge in [-0.05, 0) is 24.3 Å². The first-order valence-corrected chi connectivity index (χ1v) is 12.7. The van der Waals surface area contributed by atoms with Gasteiger partial charge in [-0.3, -0.25) is 9.59 Å². The number of rotatable bonds is 10. The Bertz CT molecular complexity index is 1200. The van der Waals surface area contributed by atoms with Gasteiger partial charge >= 0.3 is 6.01 Å². The molecule has 4 rings (SSSR count). The Morgan fingerprint density at radius 3 is 2.65 bits per heavy atom. The lowest BCUT2D eigenvalue weighted by Gasteiger charge is -2.31. The molecule has 0 spiro atoms. The Hall–Kier alpha value is -3.77. The van der Waals surface area contributed by atoms with Crippen LogP contribution in [-0.2, 0) is 4.74 Å². The molecule has 1 aromatic carbocycles. The quantitative estimate of drug-likeness (QED) is 0.425. The number of ether oxygens (including phenoxy) is 3. The van der Waals surface area contributed by atoms with Crippen LogP contribution in [0.2, 0.25) is 0 Å². The van der Waals surface area contributed by atoms with Crippen LogP contribution in [0, 0.1) is 0 Å². The number of nitrogens with one attached hydrogen (secondary N) is 1. The first-order chi connectivity index (χ1) is 18.0. The zero-order valence-electron chi connectivity index (χ0n) is 21.0. The third kappa shape index (κ3) is 6.71. The van der Waals surface area contributed by atoms with E-state index in [9.17, 15) is 9.59 Å². The molecular formula is C25H30N6O5S. The number of amides is 2. The summed E-state index contributed by atoms with van der Waals surface area (Å²) in [5, 5.41) is 5.36. The number of benzene rings is 1. The average Bonchev–Trinajstić information content (AvgIpc) is 3.43. The Morgan fingerprint density at radius 2 is 1.95 bits per heavy atom. The molecule has 196 valence electrons. The summed E-state index contributed by atoms with van der Waals surface area (Å²) in [7, 11) is 4.78. The zero-order valence-corrected chi connectivity index (χ0v) is 21.9. The van der Waals surface area contributed by atoms with Gasteiger partial charge < -0.3 is 29.3 Å². The SMILES string of the molecule is COCCN(C)C(=O)c1ccc(NC(=O)c2csc(N3CCC(Oc4ncccn4)CC3)n2)c(OC)c1. The molecule has 1 aliphatic heterocycles. The van der Waals surface area contributed by atoms with Crippen molar-refractivity contribution in [1.29, 1.82) is 0 Å². The molecule has 1 saturated heterocycles. The van der Waals surface area contributed by atoms with E-state index in [0.29, 0.717) is 41.9 Å². The summed E-state index contributed by atoms with van der Waals surface area (Å²) in [6.45, 7) is 2.43. The van der Waals surface area contributed by atoms with Crippen molar-refractivity contribution in [3.8, 4) is 11.8 Å². The number of thiazole rings is 1. The van der Waals surface area contributed by atoms with Crippen molar-refractivity contribution in [2.45, 2.75) is 18.9 Å². The minimum Gasteiger partial charge on any atom is -0.495 e. The first kappa shape index (κ1) is 26.3. The van der Waals surface area contributed by atoms with E-state index in [1.54, 1.807) is 61.1 Å². The van der Waals surface area contributed by atoms with Crippen molar-refractivity contribution in [1.82, 2.24) is 19.9 Å². The number of anilines is 2. The van der Waals surface area contributed by atoms with Crippen molar-refractivity contribution in [3.63, 3.8) is 0 Å². The minimum absolute atomic E-state index is 0.0449. The number of hydrogen-bond donors (Lipinski definition) is 1. The highest BCUT2D eigenvalue weighted by atomic mass is 32.1. The number of nitrogens with zero attached hydrogens (tertiary/aromatic N) is 5. The lowest BCUT2D eigenvalue weighted by Crippen LogP contribution is -2.38. The molecule has 1 fully saturated rings. The van der Waals surface area contributed by atoms with E-state index in [4.69, 9.17) is 14.2 Å². The van der Waals surface area contributed by atoms with Gasteiger partial charge in [-0.2, -0.15) is 0 Å². The molecular weight excluding hydrogens is 496 g/mol. The molecule has 11 nitrogen and oxygen atoms in total. The summed E-state index contributed by atoms with van der Waals surface area (Å²) in [5.74, 6) is -0.126. The Kier molecular flexibility index (Phi) is 8.86. The van der Waals surface area contributed by atoms with Crippen LogP contribution >= 0.6 is 11.3 Å². The normalized spacial score (nSPS) is 13.8. The van der Waals surface area contributed by atoms with Gasteiger partial charge in [0, 0.05) is 70.0 Å². The van der Waals surface area contributed by atoms with E-state index in [1.807, 2.05) is 0 Å². The average molecular weight is 527 g/mol. The van der Waals surface area contributed by atoms with Gasteiger partial charge in [-0.15, -0.1) is 11.3 Å². The van der Waals surface area contributed by atoms with E-state index in [0.717, 1.165) is 31.1 Å². The van der Waals surface area contributed by atoms with Crippen LogP contribution in [0.25, 0.3) is 0 Å². The van der Waals surface area contributed by atoms with Gasteiger partial charge in [0.05, 0.1) is 19.4 Å². The van der Waals surface area contributed by atoms with Gasteiger partial charge in [0.2, 0.25) is 0 Å². The van der Waals surface area contributed by atoms with E-state index >= 15 is 0 Å². The number of hydrogen-bond acceptors (Lipinski definition) is 10. The fourth-order valence-electron chi connectivity index (χ4n) is 3.84. The minimum atomic E-state index is -0.350. The largest absolute Gasteiger partial charge is 0.495 e. The lowest BCUT2D eigenvalue weighted by molar-refractivity contribution is 0.0744. The van der Waals surface area contributed by atoms with Crippen molar-refractivity contribution < 1.29 is 23.8 Å². The van der Waals surface area contributed by atoms with Crippen LogP contribution in [0.1, 0.15) is 33.7 Å². The second-order valence-corrected chi connectivity index (χ2v) is 9.28. The highest BCUT2D eigenvalue weighted by Gasteiger charge is 2.24. The first-order valence-electron chi connectivity index (χ1n) is 11.9. The second kappa shape index (κ2) is 12.5. The maximum atomic E-state index is 12.9. The van der Waals surface area contributed by atoms with Crippen molar-refractivity contribution in [2.75, 3.05) is 57.7 Å². The number of carbonyl (C=O) groups is 2. The summed E-state index contributed by atoms with van der Waals surface area (Å²) in [5.41, 5.74) is 1.23. The standard InChI is InChI=1S/C25H30N6O5S/c1-30(13-14-34-2)23(33)17-5-6-19(21(15-17)35-3)28-22(32)20-16-37-25(29-20)31-11-7-18(8-12-31)36-24-26-9-4-10-27-24/h4-6,9-10,15-16,18H,7-8,11-14H2,1-3H3,(H,28,32). The molecule has 3 aromatic rings. The van der Waals surface area contributed by atoms with Crippen LogP contribution in [0.4, 0.5) is 10.8 Å². The summed E-state index contributed by atoms with van der Waals surface area (Å²) in [6, 6.07) is 7.06. The molecule has 1 aliphatic rings. The summed E-state index contributed by atoms with van der Waals surface area (Å²) >= 11 is 1.42. The lowest BCUT2D eigenvalue weighted by atomic mass is 10.1. The monoisotopic (exact) mass is 526 g/mol. The fraction of sp³-hybridized carbons (Fsp3) is 0.400. The predicted molar refractivity (Wildman–Crippen MR) is 140 cm³/mol. The number of carbonyl (C=O) groups excluding carboxylic acids is 2. The van der Waals surface area contributed by atoms with Crippen molar-refractivity contribution in [3.05, 3.63) is 53.3 Å². The summed E-state index contributed by atoms with van der Waals surface area (Å²) < 4.78 is 16.3. The molecule has 1 N–H and O–H groups in total. The number of methoxy groups -OCH3 is 2. The molecule has 3 heterocycles. The number of likely N-dealkylation sites (N-methyl/N-ethyl adjacent to an activating group) is 1. The number of aromatic nitrogens is 3. The van der Waals surface area contributed by atoms with Gasteiger partial charge in [0.1, 0.15) is 17.5 Å². The summed E-state index contributed by atoms with van der Waals surface area (Å²) in [6.07, 6.45) is 4.98. The third-order valence-corrected chi connectivity index (χ3v) is 6.83. The van der Waals surface area contributed by atoms with Gasteiger partial charge in [0.15, 0.2) is 5.13 Å². The predicted octanol–water partition coefficient (Wildman–Crippen LogP) is 2.96.